The van der Waals surface area contributed by atoms with Crippen LogP contribution in [0.5, 0.6) is 5.75 Å². The number of phenolic OH excluding ortho intramolecular Hbond substituents is 1. The summed E-state index contributed by atoms with van der Waals surface area (Å²) in [7, 11) is 0. The van der Waals surface area contributed by atoms with Crippen molar-refractivity contribution in [1.82, 2.24) is 4.90 Å². The lowest BCUT2D eigenvalue weighted by atomic mass is 9.94. The molecule has 17 heavy (non-hydrogen) atoms. The molecule has 2 atom stereocenters. The molecule has 1 heterocycles. The van der Waals surface area contributed by atoms with Crippen molar-refractivity contribution in [2.24, 2.45) is 11.7 Å². The number of hydrogen-bond donors (Lipinski definition) is 2. The van der Waals surface area contributed by atoms with Gasteiger partial charge in [-0.3, -0.25) is 4.90 Å². The van der Waals surface area contributed by atoms with Gasteiger partial charge in [-0.1, -0.05) is 18.5 Å². The highest BCUT2D eigenvalue weighted by molar-refractivity contribution is 6.30. The second-order valence-corrected chi connectivity index (χ2v) is 5.37. The lowest BCUT2D eigenvalue weighted by molar-refractivity contribution is 0.161. The number of hydrogen-bond acceptors (Lipinski definition) is 3. The lowest BCUT2D eigenvalue weighted by Gasteiger charge is -2.35. The van der Waals surface area contributed by atoms with Gasteiger partial charge in [0.05, 0.1) is 0 Å². The highest BCUT2D eigenvalue weighted by atomic mass is 35.5. The molecule has 1 aliphatic heterocycles. The van der Waals surface area contributed by atoms with E-state index >= 15 is 0 Å². The summed E-state index contributed by atoms with van der Waals surface area (Å²) < 4.78 is 0. The van der Waals surface area contributed by atoms with Crippen LogP contribution in [-0.2, 0) is 6.54 Å². The Kier molecular flexibility index (Phi) is 3.92. The molecule has 1 aromatic rings. The largest absolute Gasteiger partial charge is 0.508 e. The minimum absolute atomic E-state index is 0.227. The van der Waals surface area contributed by atoms with Crippen LogP contribution in [-0.4, -0.2) is 29.1 Å². The molecule has 0 aromatic heterocycles. The van der Waals surface area contributed by atoms with Gasteiger partial charge in [0.1, 0.15) is 5.75 Å². The second-order valence-electron chi connectivity index (χ2n) is 4.94. The molecule has 2 rings (SSSR count). The Balaban J connectivity index is 2.03. The standard InChI is InChI=1S/C13H19ClN2O/c1-9-4-5-16(8-12(9)15)7-10-6-11(14)2-3-13(10)17/h2-3,6,9,12,17H,4-5,7-8,15H2,1H3. The highest BCUT2D eigenvalue weighted by Gasteiger charge is 2.23. The maximum atomic E-state index is 9.77. The number of rotatable bonds is 2. The summed E-state index contributed by atoms with van der Waals surface area (Å²) in [5.74, 6) is 0.890. The van der Waals surface area contributed by atoms with Gasteiger partial charge in [-0.2, -0.15) is 0 Å². The number of likely N-dealkylation sites (tertiary alicyclic amines) is 1. The fraction of sp³-hybridized carbons (Fsp3) is 0.538. The van der Waals surface area contributed by atoms with Crippen molar-refractivity contribution in [3.05, 3.63) is 28.8 Å². The van der Waals surface area contributed by atoms with Crippen molar-refractivity contribution in [2.45, 2.75) is 25.9 Å². The van der Waals surface area contributed by atoms with Crippen LogP contribution in [0.1, 0.15) is 18.9 Å². The third-order valence-electron chi connectivity index (χ3n) is 3.54. The SMILES string of the molecule is CC1CCN(Cc2cc(Cl)ccc2O)CC1N. The van der Waals surface area contributed by atoms with Gasteiger partial charge in [-0.25, -0.2) is 0 Å². The van der Waals surface area contributed by atoms with Crippen molar-refractivity contribution in [3.63, 3.8) is 0 Å². The van der Waals surface area contributed by atoms with Gasteiger partial charge in [0.25, 0.3) is 0 Å². The van der Waals surface area contributed by atoms with Crippen molar-refractivity contribution < 1.29 is 5.11 Å². The van der Waals surface area contributed by atoms with E-state index in [1.807, 2.05) is 6.07 Å². The van der Waals surface area contributed by atoms with E-state index in [2.05, 4.69) is 11.8 Å². The van der Waals surface area contributed by atoms with Crippen molar-refractivity contribution in [1.29, 1.82) is 0 Å². The Hall–Kier alpha value is -0.770. The van der Waals surface area contributed by atoms with E-state index in [-0.39, 0.29) is 6.04 Å². The van der Waals surface area contributed by atoms with Crippen LogP contribution in [0.3, 0.4) is 0 Å². The van der Waals surface area contributed by atoms with E-state index in [0.717, 1.165) is 25.1 Å². The number of aromatic hydroxyl groups is 1. The molecule has 0 spiro atoms. The molecule has 94 valence electrons. The van der Waals surface area contributed by atoms with Gasteiger partial charge in [-0.15, -0.1) is 0 Å². The maximum Gasteiger partial charge on any atom is 0.120 e. The third kappa shape index (κ3) is 3.12. The molecule has 0 aliphatic carbocycles. The minimum Gasteiger partial charge on any atom is -0.508 e. The zero-order valence-electron chi connectivity index (χ0n) is 10.1. The Morgan fingerprint density at radius 2 is 2.29 bits per heavy atom. The smallest absolute Gasteiger partial charge is 0.120 e. The molecule has 2 unspecified atom stereocenters. The fourth-order valence-electron chi connectivity index (χ4n) is 2.23. The van der Waals surface area contributed by atoms with Crippen molar-refractivity contribution in [3.8, 4) is 5.75 Å². The fourth-order valence-corrected chi connectivity index (χ4v) is 2.43. The molecule has 1 fully saturated rings. The quantitative estimate of drug-likeness (QED) is 0.851. The van der Waals surface area contributed by atoms with E-state index in [9.17, 15) is 5.11 Å². The minimum atomic E-state index is 0.227. The second kappa shape index (κ2) is 5.25. The van der Waals surface area contributed by atoms with E-state index in [4.69, 9.17) is 17.3 Å². The average Bonchev–Trinajstić information content (AvgIpc) is 2.29. The van der Waals surface area contributed by atoms with Gasteiger partial charge in [0.15, 0.2) is 0 Å². The zero-order valence-corrected chi connectivity index (χ0v) is 10.8. The topological polar surface area (TPSA) is 49.5 Å². The molecule has 1 saturated heterocycles. The summed E-state index contributed by atoms with van der Waals surface area (Å²) in [4.78, 5) is 2.27. The summed E-state index contributed by atoms with van der Waals surface area (Å²) >= 11 is 5.93. The third-order valence-corrected chi connectivity index (χ3v) is 3.77. The number of piperidine rings is 1. The van der Waals surface area contributed by atoms with Crippen molar-refractivity contribution >= 4 is 11.6 Å². The van der Waals surface area contributed by atoms with Gasteiger partial charge in [0, 0.05) is 29.7 Å². The van der Waals surface area contributed by atoms with Crippen LogP contribution < -0.4 is 5.73 Å². The van der Waals surface area contributed by atoms with Crippen LogP contribution in [0, 0.1) is 5.92 Å². The number of nitrogens with two attached hydrogens (primary N) is 1. The number of nitrogens with zero attached hydrogens (tertiary/aromatic N) is 1. The molecule has 0 saturated carbocycles. The highest BCUT2D eigenvalue weighted by Crippen LogP contribution is 2.25. The van der Waals surface area contributed by atoms with Gasteiger partial charge < -0.3 is 10.8 Å². The number of phenols is 1. The first-order chi connectivity index (χ1) is 8.06. The van der Waals surface area contributed by atoms with E-state index in [1.54, 1.807) is 12.1 Å². The summed E-state index contributed by atoms with van der Waals surface area (Å²) in [5.41, 5.74) is 6.93. The Labute approximate surface area is 107 Å². The molecule has 1 aliphatic rings. The normalized spacial score (nSPS) is 26.1. The van der Waals surface area contributed by atoms with Gasteiger partial charge >= 0.3 is 0 Å². The van der Waals surface area contributed by atoms with E-state index in [1.165, 1.54) is 0 Å². The van der Waals surface area contributed by atoms with Gasteiger partial charge in [0.2, 0.25) is 0 Å². The molecule has 3 N–H and O–H groups in total. The lowest BCUT2D eigenvalue weighted by Crippen LogP contribution is -2.47. The maximum absolute atomic E-state index is 9.77. The summed E-state index contributed by atoms with van der Waals surface area (Å²) in [6.07, 6.45) is 1.11. The zero-order chi connectivity index (χ0) is 12.4. The van der Waals surface area contributed by atoms with Crippen LogP contribution in [0.2, 0.25) is 5.02 Å². The molecule has 4 heteroatoms. The molecular formula is C13H19ClN2O. The van der Waals surface area contributed by atoms with Crippen LogP contribution >= 0.6 is 11.6 Å². The summed E-state index contributed by atoms with van der Waals surface area (Å²) in [6.45, 7) is 4.82. The van der Waals surface area contributed by atoms with Crippen LogP contribution in [0.15, 0.2) is 18.2 Å². The average molecular weight is 255 g/mol. The predicted octanol–water partition coefficient (Wildman–Crippen LogP) is 2.21. The molecule has 0 bridgehead atoms. The molecule has 1 aromatic carbocycles. The molecule has 0 amide bonds. The molecule has 0 radical (unpaired) electrons. The van der Waals surface area contributed by atoms with E-state index < -0.39 is 0 Å². The Morgan fingerprint density at radius 1 is 1.53 bits per heavy atom. The van der Waals surface area contributed by atoms with Crippen LogP contribution in [0.25, 0.3) is 0 Å². The summed E-state index contributed by atoms with van der Waals surface area (Å²) in [5, 5.41) is 10.4. The number of benzene rings is 1. The van der Waals surface area contributed by atoms with Gasteiger partial charge in [-0.05, 0) is 37.1 Å². The Bertz CT molecular complexity index is 397. The first-order valence-corrected chi connectivity index (χ1v) is 6.39. The van der Waals surface area contributed by atoms with E-state index in [0.29, 0.717) is 23.2 Å². The first kappa shape index (κ1) is 12.7. The van der Waals surface area contributed by atoms with Crippen molar-refractivity contribution in [2.75, 3.05) is 13.1 Å². The molecule has 3 nitrogen and oxygen atoms in total. The first-order valence-electron chi connectivity index (χ1n) is 6.01. The monoisotopic (exact) mass is 254 g/mol. The predicted molar refractivity (Wildman–Crippen MR) is 70.2 cm³/mol. The summed E-state index contributed by atoms with van der Waals surface area (Å²) in [6, 6.07) is 5.39. The molecular weight excluding hydrogens is 236 g/mol. The Morgan fingerprint density at radius 3 is 3.00 bits per heavy atom. The number of halogens is 1. The van der Waals surface area contributed by atoms with Crippen LogP contribution in [0.4, 0.5) is 0 Å².